The first-order valence-electron chi connectivity index (χ1n) is 4.54. The Balaban J connectivity index is 2.38. The van der Waals surface area contributed by atoms with Crippen LogP contribution >= 0.6 is 11.8 Å². The standard InChI is InChI=1S/C11H5F2N3S/c12-8-4-7(6-14)5-9(13)10(8)17-11-15-2-1-3-16-11/h1-5H. The molecule has 84 valence electrons. The van der Waals surface area contributed by atoms with Crippen LogP contribution in [0.3, 0.4) is 0 Å². The molecule has 0 aliphatic rings. The molecular formula is C11H5F2N3S. The molecule has 6 heteroatoms. The monoisotopic (exact) mass is 249 g/mol. The summed E-state index contributed by atoms with van der Waals surface area (Å²) in [7, 11) is 0. The van der Waals surface area contributed by atoms with Gasteiger partial charge in [0.15, 0.2) is 5.16 Å². The summed E-state index contributed by atoms with van der Waals surface area (Å²) < 4.78 is 27.0. The molecule has 0 spiro atoms. The Hall–Kier alpha value is -2.00. The van der Waals surface area contributed by atoms with E-state index in [-0.39, 0.29) is 15.6 Å². The minimum atomic E-state index is -0.793. The number of nitrogens with zero attached hydrogens (tertiary/aromatic N) is 3. The van der Waals surface area contributed by atoms with E-state index in [4.69, 9.17) is 5.26 Å². The van der Waals surface area contributed by atoms with Crippen molar-refractivity contribution >= 4 is 11.8 Å². The Kier molecular flexibility index (Phi) is 3.30. The molecule has 2 rings (SSSR count). The summed E-state index contributed by atoms with van der Waals surface area (Å²) >= 11 is 0.778. The molecule has 1 aromatic heterocycles. The lowest BCUT2D eigenvalue weighted by atomic mass is 10.2. The summed E-state index contributed by atoms with van der Waals surface area (Å²) in [5.74, 6) is -1.59. The molecule has 0 unspecified atom stereocenters. The van der Waals surface area contributed by atoms with Crippen molar-refractivity contribution in [1.82, 2.24) is 9.97 Å². The van der Waals surface area contributed by atoms with Gasteiger partial charge in [0.1, 0.15) is 11.6 Å². The molecule has 1 aromatic carbocycles. The van der Waals surface area contributed by atoms with Gasteiger partial charge in [0.05, 0.1) is 16.5 Å². The highest BCUT2D eigenvalue weighted by atomic mass is 32.2. The van der Waals surface area contributed by atoms with Gasteiger partial charge in [-0.1, -0.05) is 0 Å². The van der Waals surface area contributed by atoms with Gasteiger partial charge >= 0.3 is 0 Å². The van der Waals surface area contributed by atoms with Gasteiger partial charge in [-0.3, -0.25) is 0 Å². The van der Waals surface area contributed by atoms with Crippen molar-refractivity contribution in [2.24, 2.45) is 0 Å². The average molecular weight is 249 g/mol. The van der Waals surface area contributed by atoms with Gasteiger partial charge in [0.2, 0.25) is 0 Å². The number of nitriles is 1. The van der Waals surface area contributed by atoms with Gasteiger partial charge < -0.3 is 0 Å². The van der Waals surface area contributed by atoms with Crippen LogP contribution in [0.15, 0.2) is 40.6 Å². The van der Waals surface area contributed by atoms with E-state index in [0.29, 0.717) is 0 Å². The van der Waals surface area contributed by atoms with Crippen LogP contribution in [0.5, 0.6) is 0 Å². The fourth-order valence-corrected chi connectivity index (χ4v) is 1.87. The molecule has 0 saturated carbocycles. The van der Waals surface area contributed by atoms with Crippen LogP contribution in [0.1, 0.15) is 5.56 Å². The normalized spacial score (nSPS) is 9.94. The van der Waals surface area contributed by atoms with E-state index in [9.17, 15) is 8.78 Å². The number of hydrogen-bond acceptors (Lipinski definition) is 4. The predicted octanol–water partition coefficient (Wildman–Crippen LogP) is 2.78. The van der Waals surface area contributed by atoms with E-state index in [1.54, 1.807) is 12.1 Å². The van der Waals surface area contributed by atoms with E-state index in [2.05, 4.69) is 9.97 Å². The quantitative estimate of drug-likeness (QED) is 0.768. The topological polar surface area (TPSA) is 49.6 Å². The van der Waals surface area contributed by atoms with Crippen LogP contribution < -0.4 is 0 Å². The van der Waals surface area contributed by atoms with E-state index in [0.717, 1.165) is 23.9 Å². The second-order valence-corrected chi connectivity index (χ2v) is 3.99. The first-order chi connectivity index (χ1) is 8.20. The number of aromatic nitrogens is 2. The molecular weight excluding hydrogens is 244 g/mol. The highest BCUT2D eigenvalue weighted by Crippen LogP contribution is 2.30. The third-order valence-corrected chi connectivity index (χ3v) is 2.85. The molecule has 3 nitrogen and oxygen atoms in total. The highest BCUT2D eigenvalue weighted by Gasteiger charge is 2.13. The van der Waals surface area contributed by atoms with Gasteiger partial charge in [-0.15, -0.1) is 0 Å². The number of halogens is 2. The Labute approximate surface area is 100 Å². The number of hydrogen-bond donors (Lipinski definition) is 0. The van der Waals surface area contributed by atoms with Crippen molar-refractivity contribution < 1.29 is 8.78 Å². The largest absolute Gasteiger partial charge is 0.231 e. The average Bonchev–Trinajstić information content (AvgIpc) is 2.35. The Morgan fingerprint density at radius 2 is 1.71 bits per heavy atom. The number of rotatable bonds is 2. The zero-order valence-electron chi connectivity index (χ0n) is 8.39. The van der Waals surface area contributed by atoms with Crippen molar-refractivity contribution in [3.8, 4) is 6.07 Å². The Morgan fingerprint density at radius 3 is 2.24 bits per heavy atom. The summed E-state index contributed by atoms with van der Waals surface area (Å²) in [5.41, 5.74) is -0.0571. The molecule has 0 aliphatic heterocycles. The maximum absolute atomic E-state index is 13.5. The van der Waals surface area contributed by atoms with Crippen LogP contribution in [0.2, 0.25) is 0 Å². The van der Waals surface area contributed by atoms with Crippen molar-refractivity contribution in [2.75, 3.05) is 0 Å². The van der Waals surface area contributed by atoms with Crippen LogP contribution in [0.4, 0.5) is 8.78 Å². The molecule has 0 atom stereocenters. The highest BCUT2D eigenvalue weighted by molar-refractivity contribution is 7.99. The minimum Gasteiger partial charge on any atom is -0.231 e. The molecule has 0 radical (unpaired) electrons. The lowest BCUT2D eigenvalue weighted by molar-refractivity contribution is 0.539. The second kappa shape index (κ2) is 4.89. The lowest BCUT2D eigenvalue weighted by Crippen LogP contribution is -1.92. The van der Waals surface area contributed by atoms with E-state index in [1.807, 2.05) is 0 Å². The van der Waals surface area contributed by atoms with Crippen LogP contribution in [0.25, 0.3) is 0 Å². The fraction of sp³-hybridized carbons (Fsp3) is 0. The van der Waals surface area contributed by atoms with Crippen molar-refractivity contribution in [3.63, 3.8) is 0 Å². The molecule has 0 bridgehead atoms. The van der Waals surface area contributed by atoms with Crippen LogP contribution in [0, 0.1) is 23.0 Å². The van der Waals surface area contributed by atoms with E-state index >= 15 is 0 Å². The Morgan fingerprint density at radius 1 is 1.12 bits per heavy atom. The lowest BCUT2D eigenvalue weighted by Gasteiger charge is -2.03. The summed E-state index contributed by atoms with van der Waals surface area (Å²) in [6.45, 7) is 0. The Bertz CT molecular complexity index is 558. The molecule has 0 saturated heterocycles. The third-order valence-electron chi connectivity index (χ3n) is 1.86. The van der Waals surface area contributed by atoms with Gasteiger partial charge in [-0.25, -0.2) is 18.7 Å². The summed E-state index contributed by atoms with van der Waals surface area (Å²) in [5, 5.41) is 8.80. The third kappa shape index (κ3) is 2.57. The van der Waals surface area contributed by atoms with Crippen LogP contribution in [-0.2, 0) is 0 Å². The molecule has 1 heterocycles. The van der Waals surface area contributed by atoms with E-state index in [1.165, 1.54) is 12.4 Å². The maximum atomic E-state index is 13.5. The van der Waals surface area contributed by atoms with Gasteiger partial charge in [-0.05, 0) is 30.0 Å². The van der Waals surface area contributed by atoms with Gasteiger partial charge in [0, 0.05) is 12.4 Å². The fourth-order valence-electron chi connectivity index (χ4n) is 1.15. The summed E-state index contributed by atoms with van der Waals surface area (Å²) in [6, 6.07) is 5.25. The van der Waals surface area contributed by atoms with Gasteiger partial charge in [0.25, 0.3) is 0 Å². The molecule has 0 fully saturated rings. The summed E-state index contributed by atoms with van der Waals surface area (Å²) in [6.07, 6.45) is 2.96. The van der Waals surface area contributed by atoms with Crippen molar-refractivity contribution in [3.05, 3.63) is 47.8 Å². The second-order valence-electron chi connectivity index (χ2n) is 3.01. The number of benzene rings is 1. The first kappa shape index (κ1) is 11.5. The minimum absolute atomic E-state index is 0.0571. The van der Waals surface area contributed by atoms with Crippen molar-refractivity contribution in [1.29, 1.82) is 5.26 Å². The molecule has 0 N–H and O–H groups in total. The molecule has 2 aromatic rings. The summed E-state index contributed by atoms with van der Waals surface area (Å²) in [4.78, 5) is 7.49. The van der Waals surface area contributed by atoms with Crippen molar-refractivity contribution in [2.45, 2.75) is 10.1 Å². The smallest absolute Gasteiger partial charge is 0.192 e. The van der Waals surface area contributed by atoms with Gasteiger partial charge in [-0.2, -0.15) is 5.26 Å². The maximum Gasteiger partial charge on any atom is 0.192 e. The van der Waals surface area contributed by atoms with E-state index < -0.39 is 11.6 Å². The SMILES string of the molecule is N#Cc1cc(F)c(Sc2ncccn2)c(F)c1. The molecule has 0 amide bonds. The van der Waals surface area contributed by atoms with Crippen LogP contribution in [-0.4, -0.2) is 9.97 Å². The predicted molar refractivity (Wildman–Crippen MR) is 57.2 cm³/mol. The zero-order valence-corrected chi connectivity index (χ0v) is 9.21. The first-order valence-corrected chi connectivity index (χ1v) is 5.36. The molecule has 17 heavy (non-hydrogen) atoms. The zero-order chi connectivity index (χ0) is 12.3. The molecule has 0 aliphatic carbocycles.